The highest BCUT2D eigenvalue weighted by Gasteiger charge is 2.47. The second kappa shape index (κ2) is 10.6. The Hall–Kier alpha value is -3.65. The number of carbonyl (C=O) groups excluding carboxylic acids is 1. The van der Waals surface area contributed by atoms with E-state index in [9.17, 15) is 27.3 Å². The fourth-order valence-corrected chi connectivity index (χ4v) is 7.44. The minimum Gasteiger partial charge on any atom is -0.372 e. The molecule has 1 saturated heterocycles. The van der Waals surface area contributed by atoms with E-state index in [2.05, 4.69) is 24.9 Å². The molecular weight excluding hydrogens is 590 g/mol. The van der Waals surface area contributed by atoms with Crippen LogP contribution in [0.4, 0.5) is 8.78 Å². The summed E-state index contributed by atoms with van der Waals surface area (Å²) >= 11 is 0.681. The van der Waals surface area contributed by atoms with Gasteiger partial charge in [0.2, 0.25) is 15.2 Å². The summed E-state index contributed by atoms with van der Waals surface area (Å²) in [4.78, 5) is 23.4. The lowest BCUT2D eigenvalue weighted by Crippen LogP contribution is -2.43. The van der Waals surface area contributed by atoms with Crippen LogP contribution in [0.5, 0.6) is 0 Å². The van der Waals surface area contributed by atoms with Crippen LogP contribution in [-0.4, -0.2) is 75.8 Å². The fraction of sp³-hybridized carbons (Fsp3) is 0.462. The van der Waals surface area contributed by atoms with Crippen molar-refractivity contribution in [2.24, 2.45) is 0 Å². The summed E-state index contributed by atoms with van der Waals surface area (Å²) in [6, 6.07) is 6.52. The van der Waals surface area contributed by atoms with Crippen molar-refractivity contribution in [1.29, 1.82) is 5.26 Å². The summed E-state index contributed by atoms with van der Waals surface area (Å²) in [6.07, 6.45) is 0.0992. The average Bonchev–Trinajstić information content (AvgIpc) is 3.43. The number of halogens is 2. The summed E-state index contributed by atoms with van der Waals surface area (Å²) in [7, 11) is -2.59. The topological polar surface area (TPSA) is 156 Å². The number of alkyl halides is 2. The van der Waals surface area contributed by atoms with Gasteiger partial charge in [-0.25, -0.2) is 27.2 Å². The molecule has 1 aliphatic carbocycles. The van der Waals surface area contributed by atoms with Crippen molar-refractivity contribution in [2.75, 3.05) is 20.2 Å². The molecule has 2 fully saturated rings. The molecule has 220 valence electrons. The predicted octanol–water partition coefficient (Wildman–Crippen LogP) is 3.44. The van der Waals surface area contributed by atoms with Gasteiger partial charge < -0.3 is 9.64 Å². The number of benzene rings is 1. The van der Waals surface area contributed by atoms with E-state index in [4.69, 9.17) is 4.74 Å². The number of piperidine rings is 1. The maximum Gasteiger partial charge on any atom is 0.291 e. The summed E-state index contributed by atoms with van der Waals surface area (Å²) in [6.45, 7) is 2.72. The molecule has 1 aliphatic heterocycles. The van der Waals surface area contributed by atoms with Crippen molar-refractivity contribution in [3.8, 4) is 11.2 Å². The highest BCUT2D eigenvalue weighted by Crippen LogP contribution is 2.40. The van der Waals surface area contributed by atoms with E-state index in [1.165, 1.54) is 30.1 Å². The number of methoxy groups -OCH3 is 1. The number of nitriles is 1. The Labute approximate surface area is 243 Å². The Balaban J connectivity index is 1.47. The van der Waals surface area contributed by atoms with Crippen LogP contribution in [0.2, 0.25) is 0 Å². The Kier molecular flexibility index (Phi) is 7.16. The van der Waals surface area contributed by atoms with Crippen molar-refractivity contribution in [2.45, 2.75) is 61.5 Å². The molecule has 42 heavy (non-hydrogen) atoms. The lowest BCUT2D eigenvalue weighted by molar-refractivity contribution is -0.142. The van der Waals surface area contributed by atoms with Crippen molar-refractivity contribution >= 4 is 49.2 Å². The largest absolute Gasteiger partial charge is 0.372 e. The van der Waals surface area contributed by atoms with Gasteiger partial charge in [-0.05, 0) is 44.7 Å². The number of fused-ring (bicyclic) bond motifs is 3. The number of rotatable bonds is 8. The number of carbonyl (C=O) groups is 1. The van der Waals surface area contributed by atoms with E-state index < -0.39 is 33.1 Å². The monoisotopic (exact) mass is 616 g/mol. The Bertz CT molecular complexity index is 1840. The van der Waals surface area contributed by atoms with Gasteiger partial charge in [0.15, 0.2) is 10.7 Å². The molecule has 16 heteroatoms. The molecule has 1 amide bonds. The molecule has 2 aliphatic rings. The van der Waals surface area contributed by atoms with E-state index in [1.54, 1.807) is 17.9 Å². The number of hydrogen-bond acceptors (Lipinski definition) is 10. The van der Waals surface area contributed by atoms with Gasteiger partial charge in [-0.1, -0.05) is 17.4 Å². The highest BCUT2D eigenvalue weighted by atomic mass is 32.2. The number of hydrogen-bond donors (Lipinski definition) is 1. The molecular formula is C26H26F2N8O4S2. The molecule has 0 bridgehead atoms. The van der Waals surface area contributed by atoms with Gasteiger partial charge in [0.1, 0.15) is 18.0 Å². The van der Waals surface area contributed by atoms with Crippen LogP contribution >= 0.6 is 11.3 Å². The van der Waals surface area contributed by atoms with Gasteiger partial charge in [-0.15, -0.1) is 10.2 Å². The maximum atomic E-state index is 13.5. The lowest BCUT2D eigenvalue weighted by Gasteiger charge is -2.33. The Morgan fingerprint density at radius 1 is 1.24 bits per heavy atom. The lowest BCUT2D eigenvalue weighted by atomic mass is 9.91. The molecule has 0 radical (unpaired) electrons. The van der Waals surface area contributed by atoms with E-state index in [-0.39, 0.29) is 21.9 Å². The summed E-state index contributed by atoms with van der Waals surface area (Å²) in [5.41, 5.74) is 0.331. The zero-order chi connectivity index (χ0) is 29.8. The molecule has 1 saturated carbocycles. The summed E-state index contributed by atoms with van der Waals surface area (Å²) in [5, 5.41) is 17.9. The smallest absolute Gasteiger partial charge is 0.291 e. The Morgan fingerprint density at radius 3 is 2.60 bits per heavy atom. The van der Waals surface area contributed by atoms with E-state index in [0.717, 1.165) is 0 Å². The quantitative estimate of drug-likeness (QED) is 0.313. The van der Waals surface area contributed by atoms with Crippen LogP contribution < -0.4 is 4.72 Å². The number of ether oxygens (including phenoxy) is 1. The first kappa shape index (κ1) is 28.5. The predicted molar refractivity (Wildman–Crippen MR) is 148 cm³/mol. The third-order valence-corrected chi connectivity index (χ3v) is 10.3. The van der Waals surface area contributed by atoms with E-state index in [1.807, 2.05) is 6.07 Å². The second-order valence-corrected chi connectivity index (χ2v) is 13.1. The van der Waals surface area contributed by atoms with E-state index in [0.29, 0.717) is 77.7 Å². The standard InChI is InChI=1S/C26H26F2N8O4S2/c1-14(40-2)24(37)35-9-5-15(6-10-35)20-19-17-4-3-16(42(38,39)34-26(12-29)7-8-26)11-18(17)36(22(19)31-13-30-20)25-33-32-23(41-25)21(27)28/h3-4,11,13-15,21,34H,5-10H2,1-2H3/t14-/m0/s1. The normalized spacial score (nSPS) is 18.0. The van der Waals surface area contributed by atoms with Gasteiger partial charge in [0.05, 0.1) is 22.2 Å². The van der Waals surface area contributed by atoms with E-state index >= 15 is 0 Å². The minimum absolute atomic E-state index is 0.0436. The van der Waals surface area contributed by atoms with Crippen LogP contribution in [0.1, 0.15) is 55.7 Å². The van der Waals surface area contributed by atoms with Crippen LogP contribution in [0.15, 0.2) is 29.4 Å². The SMILES string of the molecule is CO[C@@H](C)C(=O)N1CCC(c2ncnc3c2c2ccc(S(=O)(=O)NC4(C#N)CC4)cc2n3-c2nnc(C(F)F)s2)CC1. The fourth-order valence-electron chi connectivity index (χ4n) is 5.32. The molecule has 6 rings (SSSR count). The van der Waals surface area contributed by atoms with Gasteiger partial charge >= 0.3 is 0 Å². The third kappa shape index (κ3) is 4.89. The van der Waals surface area contributed by atoms with Gasteiger partial charge in [-0.3, -0.25) is 9.36 Å². The first-order valence-electron chi connectivity index (χ1n) is 13.3. The molecule has 1 N–H and O–H groups in total. The number of aromatic nitrogens is 5. The van der Waals surface area contributed by atoms with Crippen molar-refractivity contribution in [3.05, 3.63) is 35.2 Å². The van der Waals surface area contributed by atoms with Crippen molar-refractivity contribution in [3.63, 3.8) is 0 Å². The molecule has 0 spiro atoms. The third-order valence-electron chi connectivity index (χ3n) is 7.85. The highest BCUT2D eigenvalue weighted by molar-refractivity contribution is 7.89. The van der Waals surface area contributed by atoms with Crippen molar-refractivity contribution < 1.29 is 26.7 Å². The van der Waals surface area contributed by atoms with Crippen LogP contribution in [0.3, 0.4) is 0 Å². The zero-order valence-corrected chi connectivity index (χ0v) is 24.3. The molecule has 3 aromatic heterocycles. The number of nitrogens with zero attached hydrogens (tertiary/aromatic N) is 7. The first-order valence-corrected chi connectivity index (χ1v) is 15.6. The second-order valence-electron chi connectivity index (χ2n) is 10.5. The van der Waals surface area contributed by atoms with Crippen LogP contribution in [-0.2, 0) is 19.6 Å². The van der Waals surface area contributed by atoms with Crippen molar-refractivity contribution in [1.82, 2.24) is 34.4 Å². The molecule has 12 nitrogen and oxygen atoms in total. The molecule has 1 aromatic carbocycles. The number of likely N-dealkylation sites (tertiary alicyclic amines) is 1. The molecule has 1 atom stereocenters. The molecule has 0 unspecified atom stereocenters. The van der Waals surface area contributed by atoms with Gasteiger partial charge in [0.25, 0.3) is 12.3 Å². The van der Waals surface area contributed by atoms with Crippen LogP contribution in [0, 0.1) is 11.3 Å². The summed E-state index contributed by atoms with van der Waals surface area (Å²) in [5.74, 6) is -0.129. The number of sulfonamides is 1. The van der Waals surface area contributed by atoms with Crippen LogP contribution in [0.25, 0.3) is 27.1 Å². The minimum atomic E-state index is -4.08. The van der Waals surface area contributed by atoms with Gasteiger partial charge in [-0.2, -0.15) is 9.98 Å². The summed E-state index contributed by atoms with van der Waals surface area (Å²) < 4.78 is 62.6. The Morgan fingerprint density at radius 2 is 1.98 bits per heavy atom. The zero-order valence-electron chi connectivity index (χ0n) is 22.6. The first-order chi connectivity index (χ1) is 20.1. The molecule has 4 aromatic rings. The number of amides is 1. The number of nitrogens with one attached hydrogen (secondary N) is 1. The van der Waals surface area contributed by atoms with Gasteiger partial charge in [0, 0.05) is 36.9 Å². The maximum absolute atomic E-state index is 13.5. The molecule has 4 heterocycles. The average molecular weight is 617 g/mol.